The maximum atomic E-state index is 5.56. The highest BCUT2D eigenvalue weighted by atomic mass is 15.0. The number of hydrogen-bond acceptors (Lipinski definition) is 2. The summed E-state index contributed by atoms with van der Waals surface area (Å²) >= 11 is 0. The van der Waals surface area contributed by atoms with Crippen molar-refractivity contribution in [2.75, 3.05) is 13.1 Å². The molecule has 0 heterocycles. The zero-order valence-electron chi connectivity index (χ0n) is 8.40. The van der Waals surface area contributed by atoms with E-state index in [1.165, 1.54) is 25.7 Å². The third kappa shape index (κ3) is 2.76. The number of nitrogens with two attached hydrogens (primary N) is 1. The molecule has 1 aliphatic rings. The molecule has 72 valence electrons. The number of rotatable bonds is 4. The average Bonchev–Trinajstić information content (AvgIpc) is 2.49. The van der Waals surface area contributed by atoms with Gasteiger partial charge in [0.1, 0.15) is 0 Å². The third-order valence-corrected chi connectivity index (χ3v) is 2.99. The molecule has 0 aliphatic heterocycles. The predicted octanol–water partition coefficient (Wildman–Crippen LogP) is 1.50. The van der Waals surface area contributed by atoms with Crippen molar-refractivity contribution in [3.8, 4) is 0 Å². The van der Waals surface area contributed by atoms with E-state index in [1.807, 2.05) is 0 Å². The van der Waals surface area contributed by atoms with Crippen LogP contribution in [-0.4, -0.2) is 18.6 Å². The smallest absolute Gasteiger partial charge is 0.0153 e. The molecule has 1 fully saturated rings. The van der Waals surface area contributed by atoms with E-state index in [1.54, 1.807) is 0 Å². The van der Waals surface area contributed by atoms with Crippen LogP contribution >= 0.6 is 0 Å². The minimum Gasteiger partial charge on any atom is -0.330 e. The molecule has 12 heavy (non-hydrogen) atoms. The molecule has 0 aromatic rings. The molecular weight excluding hydrogens is 148 g/mol. The van der Waals surface area contributed by atoms with Crippen molar-refractivity contribution < 1.29 is 0 Å². The summed E-state index contributed by atoms with van der Waals surface area (Å²) in [5.74, 6) is 0.613. The summed E-state index contributed by atoms with van der Waals surface area (Å²) in [6.45, 7) is 6.41. The Balaban J connectivity index is 2.21. The van der Waals surface area contributed by atoms with Crippen LogP contribution in [-0.2, 0) is 0 Å². The summed E-state index contributed by atoms with van der Waals surface area (Å²) in [4.78, 5) is 0. The van der Waals surface area contributed by atoms with Gasteiger partial charge in [-0.15, -0.1) is 0 Å². The fourth-order valence-electron chi connectivity index (χ4n) is 1.84. The van der Waals surface area contributed by atoms with E-state index in [0.29, 0.717) is 11.5 Å². The van der Waals surface area contributed by atoms with Crippen LogP contribution in [0.4, 0.5) is 0 Å². The maximum Gasteiger partial charge on any atom is 0.0153 e. The Morgan fingerprint density at radius 3 is 2.50 bits per heavy atom. The van der Waals surface area contributed by atoms with E-state index < -0.39 is 0 Å². The maximum absolute atomic E-state index is 5.56. The summed E-state index contributed by atoms with van der Waals surface area (Å²) in [7, 11) is 0. The van der Waals surface area contributed by atoms with Gasteiger partial charge in [-0.3, -0.25) is 0 Å². The highest BCUT2D eigenvalue weighted by Gasteiger charge is 2.27. The molecule has 0 aromatic carbocycles. The lowest BCUT2D eigenvalue weighted by molar-refractivity contribution is 0.338. The minimum atomic E-state index is 0.420. The Morgan fingerprint density at radius 2 is 2.00 bits per heavy atom. The van der Waals surface area contributed by atoms with Crippen molar-refractivity contribution in [1.82, 2.24) is 5.32 Å². The SMILES string of the molecule is CC(CN)CNC1(C)CCCC1. The molecule has 0 bridgehead atoms. The van der Waals surface area contributed by atoms with Crippen LogP contribution in [0.5, 0.6) is 0 Å². The Hall–Kier alpha value is -0.0800. The standard InChI is InChI=1S/C10H22N2/c1-9(7-11)8-12-10(2)5-3-4-6-10/h9,12H,3-8,11H2,1-2H3. The lowest BCUT2D eigenvalue weighted by Crippen LogP contribution is -2.42. The molecule has 2 nitrogen and oxygen atoms in total. The summed E-state index contributed by atoms with van der Waals surface area (Å²) in [6.07, 6.45) is 5.45. The van der Waals surface area contributed by atoms with E-state index in [-0.39, 0.29) is 0 Å². The summed E-state index contributed by atoms with van der Waals surface area (Å²) < 4.78 is 0. The first kappa shape index (κ1) is 10.0. The van der Waals surface area contributed by atoms with Crippen molar-refractivity contribution >= 4 is 0 Å². The molecule has 0 saturated heterocycles. The fourth-order valence-corrected chi connectivity index (χ4v) is 1.84. The molecule has 1 unspecified atom stereocenters. The fraction of sp³-hybridized carbons (Fsp3) is 1.00. The Morgan fingerprint density at radius 1 is 1.42 bits per heavy atom. The van der Waals surface area contributed by atoms with Crippen molar-refractivity contribution in [2.24, 2.45) is 11.7 Å². The zero-order chi connectivity index (χ0) is 9.03. The molecule has 3 N–H and O–H groups in total. The molecule has 0 amide bonds. The molecule has 0 radical (unpaired) electrons. The molecular formula is C10H22N2. The molecule has 0 aromatic heterocycles. The Bertz CT molecular complexity index is 128. The lowest BCUT2D eigenvalue weighted by atomic mass is 9.99. The molecule has 1 aliphatic carbocycles. The quantitative estimate of drug-likeness (QED) is 0.671. The second-order valence-corrected chi connectivity index (χ2v) is 4.49. The van der Waals surface area contributed by atoms with Crippen LogP contribution < -0.4 is 11.1 Å². The number of hydrogen-bond donors (Lipinski definition) is 2. The second kappa shape index (κ2) is 4.24. The summed E-state index contributed by atoms with van der Waals surface area (Å²) in [5.41, 5.74) is 5.98. The summed E-state index contributed by atoms with van der Waals surface area (Å²) in [5, 5.41) is 3.63. The van der Waals surface area contributed by atoms with E-state index in [9.17, 15) is 0 Å². The first-order valence-electron chi connectivity index (χ1n) is 5.11. The van der Waals surface area contributed by atoms with Crippen molar-refractivity contribution in [3.05, 3.63) is 0 Å². The Kier molecular flexibility index (Phi) is 3.53. The highest BCUT2D eigenvalue weighted by Crippen LogP contribution is 2.28. The van der Waals surface area contributed by atoms with Gasteiger partial charge >= 0.3 is 0 Å². The first-order valence-corrected chi connectivity index (χ1v) is 5.11. The Labute approximate surface area is 75.9 Å². The minimum absolute atomic E-state index is 0.420. The van der Waals surface area contributed by atoms with E-state index >= 15 is 0 Å². The van der Waals surface area contributed by atoms with Crippen molar-refractivity contribution in [1.29, 1.82) is 0 Å². The van der Waals surface area contributed by atoms with Gasteiger partial charge in [0, 0.05) is 5.54 Å². The molecule has 1 saturated carbocycles. The zero-order valence-corrected chi connectivity index (χ0v) is 8.40. The van der Waals surface area contributed by atoms with Gasteiger partial charge in [-0.25, -0.2) is 0 Å². The van der Waals surface area contributed by atoms with Crippen LogP contribution in [0, 0.1) is 5.92 Å². The molecule has 0 spiro atoms. The average molecular weight is 170 g/mol. The van der Waals surface area contributed by atoms with Gasteiger partial charge in [-0.1, -0.05) is 19.8 Å². The van der Waals surface area contributed by atoms with Gasteiger partial charge < -0.3 is 11.1 Å². The predicted molar refractivity (Wildman–Crippen MR) is 53.1 cm³/mol. The normalized spacial score (nSPS) is 24.2. The third-order valence-electron chi connectivity index (χ3n) is 2.99. The van der Waals surface area contributed by atoms with Crippen LogP contribution in [0.3, 0.4) is 0 Å². The van der Waals surface area contributed by atoms with Crippen molar-refractivity contribution in [3.63, 3.8) is 0 Å². The second-order valence-electron chi connectivity index (χ2n) is 4.49. The van der Waals surface area contributed by atoms with Gasteiger partial charge in [-0.05, 0) is 38.8 Å². The van der Waals surface area contributed by atoms with Gasteiger partial charge in [0.2, 0.25) is 0 Å². The largest absolute Gasteiger partial charge is 0.330 e. The van der Waals surface area contributed by atoms with Gasteiger partial charge in [0.25, 0.3) is 0 Å². The van der Waals surface area contributed by atoms with Gasteiger partial charge in [-0.2, -0.15) is 0 Å². The highest BCUT2D eigenvalue weighted by molar-refractivity contribution is 4.88. The van der Waals surface area contributed by atoms with E-state index in [2.05, 4.69) is 19.2 Å². The monoisotopic (exact) mass is 170 g/mol. The van der Waals surface area contributed by atoms with Crippen molar-refractivity contribution in [2.45, 2.75) is 45.1 Å². The first-order chi connectivity index (χ1) is 5.66. The summed E-state index contributed by atoms with van der Waals surface area (Å²) in [6, 6.07) is 0. The van der Waals surface area contributed by atoms with Gasteiger partial charge in [0.15, 0.2) is 0 Å². The topological polar surface area (TPSA) is 38.0 Å². The van der Waals surface area contributed by atoms with Crippen LogP contribution in [0.1, 0.15) is 39.5 Å². The van der Waals surface area contributed by atoms with Gasteiger partial charge in [0.05, 0.1) is 0 Å². The van der Waals surface area contributed by atoms with Crippen LogP contribution in [0.15, 0.2) is 0 Å². The van der Waals surface area contributed by atoms with E-state index in [0.717, 1.165) is 13.1 Å². The molecule has 2 heteroatoms. The number of nitrogens with one attached hydrogen (secondary N) is 1. The lowest BCUT2D eigenvalue weighted by Gasteiger charge is -2.27. The van der Waals surface area contributed by atoms with E-state index in [4.69, 9.17) is 5.73 Å². The van der Waals surface area contributed by atoms with Crippen LogP contribution in [0.25, 0.3) is 0 Å². The van der Waals surface area contributed by atoms with Crippen LogP contribution in [0.2, 0.25) is 0 Å². The molecule has 1 rings (SSSR count). The molecule has 1 atom stereocenters.